The molecule has 0 radical (unpaired) electrons. The van der Waals surface area contributed by atoms with Gasteiger partial charge in [-0.3, -0.25) is 9.59 Å². The first kappa shape index (κ1) is 41.0. The third-order valence-electron chi connectivity index (χ3n) is 8.95. The van der Waals surface area contributed by atoms with Crippen molar-refractivity contribution in [1.82, 2.24) is 10.6 Å². The van der Waals surface area contributed by atoms with Crippen molar-refractivity contribution in [2.75, 3.05) is 19.8 Å². The van der Waals surface area contributed by atoms with Crippen LogP contribution < -0.4 is 10.6 Å². The molecule has 2 amide bonds. The van der Waals surface area contributed by atoms with Gasteiger partial charge in [-0.1, -0.05) is 0 Å². The molecule has 0 aliphatic carbocycles. The normalized spacial score (nSPS) is 48.5. The molecule has 0 aromatic carbocycles. The van der Waals surface area contributed by atoms with Gasteiger partial charge in [0.1, 0.15) is 91.4 Å². The number of amides is 2. The maximum absolute atomic E-state index is 12.2. The Kier molecular flexibility index (Phi) is 14.2. The van der Waals surface area contributed by atoms with Crippen molar-refractivity contribution in [1.29, 1.82) is 0 Å². The second-order valence-corrected chi connectivity index (χ2v) is 12.6. The molecular formula is C28H48N2O20. The molecule has 0 bridgehead atoms. The Bertz CT molecular complexity index is 1120. The minimum Gasteiger partial charge on any atom is -0.394 e. The fourth-order valence-corrected chi connectivity index (χ4v) is 6.19. The van der Waals surface area contributed by atoms with Crippen LogP contribution in [-0.2, 0) is 42.7 Å². The number of hydrogen-bond donors (Lipinski definition) is 13. The first-order valence-electron chi connectivity index (χ1n) is 15.9. The van der Waals surface area contributed by atoms with E-state index < -0.39 is 154 Å². The highest BCUT2D eigenvalue weighted by atomic mass is 16.7. The minimum atomic E-state index is -1.92. The van der Waals surface area contributed by atoms with E-state index >= 15 is 0 Å². The molecule has 4 aliphatic heterocycles. The Morgan fingerprint density at radius 1 is 0.560 bits per heavy atom. The van der Waals surface area contributed by atoms with Crippen LogP contribution in [0, 0.1) is 0 Å². The standard InChI is InChI=1S/C28H48N2O20/c1-7-15(35)19(39)21(41)27(45-7)50-24-14(30-9(3)34)26(47-11(5-32)17(24)37)44-6-12-18(38)23(13(25(43)46-12)29-8(2)33)49-28-22(42)20(40)16(36)10(4-31)48-28/h7,10-28,31-32,35-43H,4-6H2,1-3H3,(H,29,33)(H,30,34)/t7-,10+,11+,12+,13+,14+,15+,16-,17+,18-,19+,20-,21-,22+,23+,24+,25-,26+,27-,28-/m0/s1. The molecule has 0 unspecified atom stereocenters. The van der Waals surface area contributed by atoms with Crippen LogP contribution in [0.15, 0.2) is 0 Å². The molecule has 4 heterocycles. The summed E-state index contributed by atoms with van der Waals surface area (Å²) in [5.41, 5.74) is 0. The van der Waals surface area contributed by atoms with E-state index in [1.807, 2.05) is 0 Å². The molecule has 290 valence electrons. The number of nitrogens with one attached hydrogen (secondary N) is 2. The lowest BCUT2D eigenvalue weighted by Gasteiger charge is -2.48. The van der Waals surface area contributed by atoms with Crippen molar-refractivity contribution in [2.45, 2.75) is 143 Å². The Balaban J connectivity index is 1.55. The van der Waals surface area contributed by atoms with Gasteiger partial charge in [-0.15, -0.1) is 0 Å². The molecule has 0 aromatic heterocycles. The van der Waals surface area contributed by atoms with Gasteiger partial charge in [0, 0.05) is 13.8 Å². The number of carbonyl (C=O) groups excluding carboxylic acids is 2. The van der Waals surface area contributed by atoms with E-state index in [1.54, 1.807) is 0 Å². The SMILES string of the molecule is CC(=O)N[C@@H]1[C@@H](O[C@@H]2O[C@H](CO)[C@H](O)[C@H](O)[C@H]2O)[C@@H](O)[C@@H](CO[C@@H]2O[C@H](CO)[C@@H](O)[C@H](O[C@@H]3O[C@@H](C)[C@@H](O)[C@@H](O)[C@@H]3O)[C@H]2NC(C)=O)O[C@@H]1O. The van der Waals surface area contributed by atoms with E-state index in [0.29, 0.717) is 0 Å². The largest absolute Gasteiger partial charge is 0.394 e. The van der Waals surface area contributed by atoms with E-state index in [4.69, 9.17) is 33.2 Å². The second-order valence-electron chi connectivity index (χ2n) is 12.6. The van der Waals surface area contributed by atoms with Gasteiger partial charge in [0.2, 0.25) is 11.8 Å². The highest BCUT2D eigenvalue weighted by Crippen LogP contribution is 2.32. The lowest BCUT2D eigenvalue weighted by Crippen LogP contribution is -2.69. The van der Waals surface area contributed by atoms with Crippen molar-refractivity contribution >= 4 is 11.8 Å². The number of hydrogen-bond acceptors (Lipinski definition) is 20. The van der Waals surface area contributed by atoms with Gasteiger partial charge >= 0.3 is 0 Å². The van der Waals surface area contributed by atoms with Crippen LogP contribution >= 0.6 is 0 Å². The summed E-state index contributed by atoms with van der Waals surface area (Å²) < 4.78 is 39.3. The van der Waals surface area contributed by atoms with E-state index in [1.165, 1.54) is 6.92 Å². The average Bonchev–Trinajstić information content (AvgIpc) is 3.06. The van der Waals surface area contributed by atoms with Crippen LogP contribution in [0.2, 0.25) is 0 Å². The number of carbonyl (C=O) groups is 2. The van der Waals surface area contributed by atoms with Gasteiger partial charge in [0.05, 0.1) is 25.9 Å². The molecule has 4 aliphatic rings. The number of aliphatic hydroxyl groups is 11. The van der Waals surface area contributed by atoms with E-state index in [-0.39, 0.29) is 0 Å². The molecule has 0 aromatic rings. The maximum atomic E-state index is 12.2. The predicted molar refractivity (Wildman–Crippen MR) is 156 cm³/mol. The summed E-state index contributed by atoms with van der Waals surface area (Å²) in [7, 11) is 0. The Morgan fingerprint density at radius 3 is 1.58 bits per heavy atom. The van der Waals surface area contributed by atoms with Gasteiger partial charge in [0.25, 0.3) is 0 Å². The Morgan fingerprint density at radius 2 is 1.02 bits per heavy atom. The quantitative estimate of drug-likeness (QED) is 0.0938. The number of rotatable bonds is 11. The fraction of sp³-hybridized carbons (Fsp3) is 0.929. The fourth-order valence-electron chi connectivity index (χ4n) is 6.19. The van der Waals surface area contributed by atoms with E-state index in [0.717, 1.165) is 13.8 Å². The predicted octanol–water partition coefficient (Wildman–Crippen LogP) is -8.43. The smallest absolute Gasteiger partial charge is 0.217 e. The highest BCUT2D eigenvalue weighted by molar-refractivity contribution is 5.73. The Labute approximate surface area is 285 Å². The molecule has 20 atom stereocenters. The molecule has 22 nitrogen and oxygen atoms in total. The maximum Gasteiger partial charge on any atom is 0.217 e. The zero-order chi connectivity index (χ0) is 37.2. The van der Waals surface area contributed by atoms with Gasteiger partial charge in [-0.25, -0.2) is 0 Å². The van der Waals surface area contributed by atoms with Crippen molar-refractivity contribution in [3.8, 4) is 0 Å². The molecule has 0 saturated carbocycles. The molecule has 22 heteroatoms. The monoisotopic (exact) mass is 732 g/mol. The lowest BCUT2D eigenvalue weighted by atomic mass is 9.94. The molecule has 0 spiro atoms. The third kappa shape index (κ3) is 8.87. The average molecular weight is 733 g/mol. The summed E-state index contributed by atoms with van der Waals surface area (Å²) in [6.45, 7) is 1.29. The van der Waals surface area contributed by atoms with Gasteiger partial charge < -0.3 is 100.0 Å². The summed E-state index contributed by atoms with van der Waals surface area (Å²) in [4.78, 5) is 24.2. The highest BCUT2D eigenvalue weighted by Gasteiger charge is 2.54. The van der Waals surface area contributed by atoms with Crippen LogP contribution in [0.3, 0.4) is 0 Å². The summed E-state index contributed by atoms with van der Waals surface area (Å²) >= 11 is 0. The van der Waals surface area contributed by atoms with Crippen LogP contribution in [-0.4, -0.2) is 211 Å². The third-order valence-corrected chi connectivity index (χ3v) is 8.95. The van der Waals surface area contributed by atoms with E-state index in [2.05, 4.69) is 10.6 Å². The van der Waals surface area contributed by atoms with Gasteiger partial charge in [0.15, 0.2) is 25.2 Å². The minimum absolute atomic E-state index is 0.681. The first-order chi connectivity index (χ1) is 23.5. The molecule has 4 fully saturated rings. The van der Waals surface area contributed by atoms with Gasteiger partial charge in [-0.05, 0) is 6.92 Å². The Hall–Kier alpha value is -1.78. The topological polar surface area (TPSA) is 345 Å². The molecule has 4 saturated heterocycles. The summed E-state index contributed by atoms with van der Waals surface area (Å²) in [5, 5.41) is 119. The zero-order valence-corrected chi connectivity index (χ0v) is 27.3. The molecular weight excluding hydrogens is 684 g/mol. The summed E-state index contributed by atoms with van der Waals surface area (Å²) in [6.07, 6.45) is -29.6. The first-order valence-corrected chi connectivity index (χ1v) is 15.9. The molecule has 4 rings (SSSR count). The number of ether oxygens (including phenoxy) is 7. The number of aliphatic hydroxyl groups excluding tert-OH is 11. The lowest BCUT2D eigenvalue weighted by molar-refractivity contribution is -0.352. The van der Waals surface area contributed by atoms with Crippen molar-refractivity contribution < 1.29 is 98.9 Å². The van der Waals surface area contributed by atoms with Crippen LogP contribution in [0.5, 0.6) is 0 Å². The second kappa shape index (κ2) is 17.4. The molecule has 50 heavy (non-hydrogen) atoms. The molecule has 13 N–H and O–H groups in total. The van der Waals surface area contributed by atoms with Crippen LogP contribution in [0.4, 0.5) is 0 Å². The van der Waals surface area contributed by atoms with Crippen molar-refractivity contribution in [2.24, 2.45) is 0 Å². The van der Waals surface area contributed by atoms with Gasteiger partial charge in [-0.2, -0.15) is 0 Å². The van der Waals surface area contributed by atoms with E-state index in [9.17, 15) is 65.8 Å². The van der Waals surface area contributed by atoms with Crippen LogP contribution in [0.25, 0.3) is 0 Å². The summed E-state index contributed by atoms with van der Waals surface area (Å²) in [6, 6.07) is -2.94. The van der Waals surface area contributed by atoms with Crippen molar-refractivity contribution in [3.05, 3.63) is 0 Å². The summed E-state index contributed by atoms with van der Waals surface area (Å²) in [5.74, 6) is -1.38. The van der Waals surface area contributed by atoms with Crippen molar-refractivity contribution in [3.63, 3.8) is 0 Å². The zero-order valence-electron chi connectivity index (χ0n) is 27.3. The van der Waals surface area contributed by atoms with Crippen LogP contribution in [0.1, 0.15) is 20.8 Å².